The first kappa shape index (κ1) is 22.5. The number of allylic oxidation sites excluding steroid dienone is 4. The van der Waals surface area contributed by atoms with Crippen molar-refractivity contribution in [3.8, 4) is 0 Å². The van der Waals surface area contributed by atoms with Crippen molar-refractivity contribution >= 4 is 22.6 Å². The lowest BCUT2D eigenvalue weighted by atomic mass is 9.97. The first-order valence-corrected chi connectivity index (χ1v) is 10.5. The van der Waals surface area contributed by atoms with Crippen molar-refractivity contribution in [1.29, 1.82) is 0 Å². The van der Waals surface area contributed by atoms with Crippen molar-refractivity contribution in [3.63, 3.8) is 0 Å². The molecule has 7 heteroatoms. The molecule has 2 aliphatic carbocycles. The summed E-state index contributed by atoms with van der Waals surface area (Å²) in [5.74, 6) is -0.434. The fourth-order valence-corrected chi connectivity index (χ4v) is 4.65. The van der Waals surface area contributed by atoms with E-state index in [2.05, 4.69) is 45.5 Å². The van der Waals surface area contributed by atoms with Crippen LogP contribution in [0.5, 0.6) is 0 Å². The minimum absolute atomic E-state index is 0.0181. The van der Waals surface area contributed by atoms with E-state index in [1.165, 1.54) is 17.8 Å². The lowest BCUT2D eigenvalue weighted by Crippen LogP contribution is -2.47. The summed E-state index contributed by atoms with van der Waals surface area (Å²) >= 11 is 2.33. The number of aliphatic hydroxyl groups excluding tert-OH is 1. The smallest absolute Gasteiger partial charge is 0.125 e. The molecule has 0 amide bonds. The van der Waals surface area contributed by atoms with E-state index in [0.717, 1.165) is 19.3 Å². The quantitative estimate of drug-likeness (QED) is 0.158. The predicted molar refractivity (Wildman–Crippen MR) is 113 cm³/mol. The van der Waals surface area contributed by atoms with Gasteiger partial charge in [0.2, 0.25) is 0 Å². The number of nitrogens with one attached hydrogen (secondary N) is 1. The zero-order chi connectivity index (χ0) is 19.8. The molecule has 152 valence electrons. The van der Waals surface area contributed by atoms with E-state index in [1.807, 2.05) is 6.08 Å². The maximum absolute atomic E-state index is 13.7. The third kappa shape index (κ3) is 6.66. The summed E-state index contributed by atoms with van der Waals surface area (Å²) < 4.78 is 32.7. The zero-order valence-corrected chi connectivity index (χ0v) is 17.9. The molecule has 0 bridgehead atoms. The van der Waals surface area contributed by atoms with Gasteiger partial charge >= 0.3 is 0 Å². The number of halogens is 3. The molecule has 2 rings (SSSR count). The van der Waals surface area contributed by atoms with Crippen molar-refractivity contribution in [3.05, 3.63) is 48.0 Å². The topological polar surface area (TPSA) is 44.7 Å². The number of nitrogens with zero attached hydrogens (tertiary/aromatic N) is 1. The monoisotopic (exact) mass is 494 g/mol. The van der Waals surface area contributed by atoms with Crippen LogP contribution in [0, 0.1) is 0 Å². The molecular weight excluding hydrogens is 465 g/mol. The molecule has 2 aliphatic rings. The third-order valence-electron chi connectivity index (χ3n) is 4.93. The highest BCUT2D eigenvalue weighted by atomic mass is 127. The molecule has 0 spiro atoms. The summed E-state index contributed by atoms with van der Waals surface area (Å²) in [6, 6.07) is -0.169. The number of rotatable bonds is 10. The van der Waals surface area contributed by atoms with Crippen LogP contribution >= 0.6 is 22.6 Å². The molecule has 1 unspecified atom stereocenters. The average Bonchev–Trinajstić information content (AvgIpc) is 2.64. The van der Waals surface area contributed by atoms with Gasteiger partial charge in [0.05, 0.1) is 16.9 Å². The van der Waals surface area contributed by atoms with E-state index in [-0.39, 0.29) is 29.3 Å². The molecular formula is C20H29F2IN2O2. The molecule has 0 aromatic carbocycles. The first-order chi connectivity index (χ1) is 13.0. The average molecular weight is 494 g/mol. The largest absolute Gasteiger partial charge is 0.381 e. The van der Waals surface area contributed by atoms with Gasteiger partial charge in [0, 0.05) is 31.8 Å². The predicted octanol–water partition coefficient (Wildman–Crippen LogP) is 4.14. The van der Waals surface area contributed by atoms with Crippen LogP contribution in [0.4, 0.5) is 8.78 Å². The molecule has 0 aromatic rings. The van der Waals surface area contributed by atoms with Crippen LogP contribution in [-0.4, -0.2) is 52.8 Å². The normalized spacial score (nSPS) is 25.1. The Hall–Kier alpha value is -0.770. The maximum Gasteiger partial charge on any atom is 0.125 e. The molecule has 0 heterocycles. The number of methoxy groups -OCH3 is 1. The molecule has 2 N–H and O–H groups in total. The SMILES string of the molecule is C=CCN(C1=CC[C@H](OC)CC1)C(I)[C@@H](CC1=C[C@@H](F)CC(F)=C1)NCO. The van der Waals surface area contributed by atoms with E-state index < -0.39 is 12.0 Å². The lowest BCUT2D eigenvalue weighted by molar-refractivity contribution is 0.0892. The van der Waals surface area contributed by atoms with Gasteiger partial charge in [0.15, 0.2) is 0 Å². The molecule has 4 nitrogen and oxygen atoms in total. The zero-order valence-electron chi connectivity index (χ0n) is 15.7. The highest BCUT2D eigenvalue weighted by molar-refractivity contribution is 14.1. The van der Waals surface area contributed by atoms with Gasteiger partial charge < -0.3 is 14.7 Å². The lowest BCUT2D eigenvalue weighted by Gasteiger charge is -2.38. The summed E-state index contributed by atoms with van der Waals surface area (Å²) in [6.07, 6.45) is 8.86. The minimum Gasteiger partial charge on any atom is -0.381 e. The van der Waals surface area contributed by atoms with Crippen LogP contribution < -0.4 is 5.32 Å². The van der Waals surface area contributed by atoms with Crippen molar-refractivity contribution in [2.75, 3.05) is 20.4 Å². The Bertz CT molecular complexity index is 595. The Balaban J connectivity index is 2.15. The minimum atomic E-state index is -1.29. The third-order valence-corrected chi connectivity index (χ3v) is 6.47. The number of hydrogen-bond acceptors (Lipinski definition) is 4. The van der Waals surface area contributed by atoms with Gasteiger partial charge in [-0.05, 0) is 43.4 Å². The number of hydrogen-bond donors (Lipinski definition) is 2. The Morgan fingerprint density at radius 3 is 2.89 bits per heavy atom. The van der Waals surface area contributed by atoms with Gasteiger partial charge in [-0.2, -0.15) is 0 Å². The van der Waals surface area contributed by atoms with Crippen LogP contribution in [0.25, 0.3) is 0 Å². The molecule has 0 radical (unpaired) electrons. The molecule has 0 saturated heterocycles. The Morgan fingerprint density at radius 1 is 1.56 bits per heavy atom. The Labute approximate surface area is 174 Å². The summed E-state index contributed by atoms with van der Waals surface area (Å²) in [5, 5.41) is 12.5. The van der Waals surface area contributed by atoms with Crippen LogP contribution in [-0.2, 0) is 4.74 Å². The van der Waals surface area contributed by atoms with E-state index >= 15 is 0 Å². The summed E-state index contributed by atoms with van der Waals surface area (Å²) in [7, 11) is 1.73. The van der Waals surface area contributed by atoms with Gasteiger partial charge in [-0.25, -0.2) is 8.78 Å². The second-order valence-corrected chi connectivity index (χ2v) is 8.14. The fraction of sp³-hybridized carbons (Fsp3) is 0.600. The van der Waals surface area contributed by atoms with Gasteiger partial charge in [0.1, 0.15) is 12.0 Å². The maximum atomic E-state index is 13.7. The number of alkyl halides is 2. The van der Waals surface area contributed by atoms with E-state index in [0.29, 0.717) is 18.5 Å². The van der Waals surface area contributed by atoms with Crippen LogP contribution in [0.3, 0.4) is 0 Å². The van der Waals surface area contributed by atoms with E-state index in [1.54, 1.807) is 7.11 Å². The molecule has 27 heavy (non-hydrogen) atoms. The van der Waals surface area contributed by atoms with E-state index in [4.69, 9.17) is 4.74 Å². The second-order valence-electron chi connectivity index (χ2n) is 6.87. The highest BCUT2D eigenvalue weighted by Crippen LogP contribution is 2.31. The molecule has 0 aliphatic heterocycles. The van der Waals surface area contributed by atoms with Gasteiger partial charge in [-0.1, -0.05) is 34.7 Å². The van der Waals surface area contributed by atoms with Crippen molar-refractivity contribution in [2.45, 2.75) is 54.5 Å². The fourth-order valence-electron chi connectivity index (χ4n) is 3.55. The van der Waals surface area contributed by atoms with Crippen molar-refractivity contribution in [1.82, 2.24) is 10.2 Å². The standard InChI is InChI=1S/C20H29F2IN2O2/c1-3-8-25(17-4-6-18(27-2)7-5-17)20(23)19(24-13-26)11-14-9-15(21)12-16(22)10-14/h3-4,9-10,15,18-20,24,26H,1,5-8,11-13H2,2H3/t15-,18+,19-,20?/m1/s1. The Morgan fingerprint density at radius 2 is 2.33 bits per heavy atom. The van der Waals surface area contributed by atoms with Gasteiger partial charge in [-0.15, -0.1) is 6.58 Å². The van der Waals surface area contributed by atoms with Crippen LogP contribution in [0.2, 0.25) is 0 Å². The number of aliphatic hydroxyl groups is 1. The molecule has 0 saturated carbocycles. The van der Waals surface area contributed by atoms with Crippen molar-refractivity contribution < 1.29 is 18.6 Å². The van der Waals surface area contributed by atoms with Gasteiger partial charge in [-0.3, -0.25) is 5.32 Å². The highest BCUT2D eigenvalue weighted by Gasteiger charge is 2.29. The van der Waals surface area contributed by atoms with Gasteiger partial charge in [0.25, 0.3) is 0 Å². The van der Waals surface area contributed by atoms with Crippen molar-refractivity contribution in [2.24, 2.45) is 0 Å². The van der Waals surface area contributed by atoms with E-state index in [9.17, 15) is 13.9 Å². The number of ether oxygens (including phenoxy) is 1. The first-order valence-electron chi connectivity index (χ1n) is 9.27. The Kier molecular flexibility index (Phi) is 9.41. The summed E-state index contributed by atoms with van der Waals surface area (Å²) in [5.41, 5.74) is 1.84. The molecule has 4 atom stereocenters. The second kappa shape index (κ2) is 11.3. The summed E-state index contributed by atoms with van der Waals surface area (Å²) in [4.78, 5) is 2.24. The van der Waals surface area contributed by atoms with Crippen LogP contribution in [0.1, 0.15) is 32.1 Å². The molecule has 0 fully saturated rings. The molecule has 0 aromatic heterocycles. The summed E-state index contributed by atoms with van der Waals surface area (Å²) in [6.45, 7) is 4.33. The van der Waals surface area contributed by atoms with Crippen LogP contribution in [0.15, 0.2) is 48.0 Å².